The van der Waals surface area contributed by atoms with Crippen LogP contribution in [0, 0.1) is 0 Å². The second-order valence-corrected chi connectivity index (χ2v) is 3.50. The van der Waals surface area contributed by atoms with Crippen LogP contribution in [0.4, 0.5) is 0 Å². The summed E-state index contributed by atoms with van der Waals surface area (Å²) in [6.07, 6.45) is 0.131. The Labute approximate surface area is 113 Å². The minimum absolute atomic E-state index is 0. The van der Waals surface area contributed by atoms with E-state index in [-0.39, 0.29) is 24.8 Å². The maximum atomic E-state index is 11.1. The van der Waals surface area contributed by atoms with Crippen molar-refractivity contribution >= 4 is 18.4 Å². The Bertz CT molecular complexity index is 398. The van der Waals surface area contributed by atoms with E-state index in [2.05, 4.69) is 4.74 Å². The predicted octanol–water partition coefficient (Wildman–Crippen LogP) is 1.69. The van der Waals surface area contributed by atoms with Gasteiger partial charge in [0.2, 0.25) is 0 Å². The number of rotatable bonds is 5. The molecule has 1 aromatic rings. The highest BCUT2D eigenvalue weighted by Crippen LogP contribution is 2.30. The molecule has 0 aromatic heterocycles. The highest BCUT2D eigenvalue weighted by molar-refractivity contribution is 5.85. The van der Waals surface area contributed by atoms with E-state index in [1.165, 1.54) is 7.11 Å². The third-order valence-corrected chi connectivity index (χ3v) is 2.45. The van der Waals surface area contributed by atoms with Gasteiger partial charge in [0.15, 0.2) is 11.5 Å². The van der Waals surface area contributed by atoms with Gasteiger partial charge < -0.3 is 19.9 Å². The molecule has 0 spiro atoms. The Kier molecular flexibility index (Phi) is 7.16. The molecule has 1 aromatic carbocycles. The van der Waals surface area contributed by atoms with Gasteiger partial charge in [-0.3, -0.25) is 4.79 Å². The van der Waals surface area contributed by atoms with E-state index >= 15 is 0 Å². The van der Waals surface area contributed by atoms with Crippen molar-refractivity contribution in [1.82, 2.24) is 0 Å². The van der Waals surface area contributed by atoms with Crippen LogP contribution in [0.15, 0.2) is 18.2 Å². The van der Waals surface area contributed by atoms with Gasteiger partial charge in [-0.15, -0.1) is 12.4 Å². The van der Waals surface area contributed by atoms with Crippen molar-refractivity contribution in [3.05, 3.63) is 23.8 Å². The van der Waals surface area contributed by atoms with Gasteiger partial charge >= 0.3 is 5.97 Å². The highest BCUT2D eigenvalue weighted by atomic mass is 35.5. The molecule has 0 heterocycles. The number of esters is 1. The quantitative estimate of drug-likeness (QED) is 0.828. The number of ether oxygens (including phenoxy) is 3. The second-order valence-electron chi connectivity index (χ2n) is 3.50. The van der Waals surface area contributed by atoms with Gasteiger partial charge in [-0.2, -0.15) is 0 Å². The summed E-state index contributed by atoms with van der Waals surface area (Å²) in [7, 11) is 4.45. The molecule has 18 heavy (non-hydrogen) atoms. The van der Waals surface area contributed by atoms with Crippen molar-refractivity contribution in [2.75, 3.05) is 21.3 Å². The third-order valence-electron chi connectivity index (χ3n) is 2.45. The van der Waals surface area contributed by atoms with Crippen molar-refractivity contribution in [3.8, 4) is 11.5 Å². The van der Waals surface area contributed by atoms with Gasteiger partial charge in [-0.1, -0.05) is 6.07 Å². The fourth-order valence-electron chi connectivity index (χ4n) is 1.46. The van der Waals surface area contributed by atoms with Crippen LogP contribution in [0.1, 0.15) is 18.0 Å². The van der Waals surface area contributed by atoms with Crippen molar-refractivity contribution < 1.29 is 19.0 Å². The molecule has 1 atom stereocenters. The van der Waals surface area contributed by atoms with Crippen molar-refractivity contribution in [1.29, 1.82) is 0 Å². The minimum atomic E-state index is -0.415. The number of hydrogen-bond donors (Lipinski definition) is 1. The molecule has 0 aliphatic rings. The molecule has 0 saturated heterocycles. The normalized spacial score (nSPS) is 11.1. The summed E-state index contributed by atoms with van der Waals surface area (Å²) < 4.78 is 14.8. The number of hydrogen-bond acceptors (Lipinski definition) is 5. The fraction of sp³-hybridized carbons (Fsp3) is 0.417. The lowest BCUT2D eigenvalue weighted by Gasteiger charge is -2.13. The molecule has 0 radical (unpaired) electrons. The zero-order valence-electron chi connectivity index (χ0n) is 10.6. The average molecular weight is 276 g/mol. The SMILES string of the molecule is COC(=O)C[C@@H](N)c1ccc(OC)c(OC)c1.Cl. The monoisotopic (exact) mass is 275 g/mol. The molecule has 0 aliphatic carbocycles. The predicted molar refractivity (Wildman–Crippen MR) is 70.4 cm³/mol. The summed E-state index contributed by atoms with van der Waals surface area (Å²) in [5, 5.41) is 0. The molecule has 0 amide bonds. The lowest BCUT2D eigenvalue weighted by molar-refractivity contribution is -0.141. The number of halogens is 1. The second kappa shape index (κ2) is 7.79. The Hall–Kier alpha value is -1.46. The molecule has 0 fully saturated rings. The van der Waals surface area contributed by atoms with E-state index < -0.39 is 6.04 Å². The van der Waals surface area contributed by atoms with E-state index in [9.17, 15) is 4.79 Å². The van der Waals surface area contributed by atoms with Crippen LogP contribution in [-0.2, 0) is 9.53 Å². The Balaban J connectivity index is 0.00000289. The summed E-state index contributed by atoms with van der Waals surface area (Å²) in [6, 6.07) is 4.90. The third kappa shape index (κ3) is 4.09. The van der Waals surface area contributed by atoms with Gasteiger partial charge in [0.1, 0.15) is 0 Å². The number of nitrogens with two attached hydrogens (primary N) is 1. The van der Waals surface area contributed by atoms with Gasteiger partial charge in [-0.25, -0.2) is 0 Å². The lowest BCUT2D eigenvalue weighted by Crippen LogP contribution is -2.16. The molecule has 0 saturated carbocycles. The van der Waals surface area contributed by atoms with E-state index in [0.717, 1.165) is 5.56 Å². The van der Waals surface area contributed by atoms with Crippen LogP contribution < -0.4 is 15.2 Å². The maximum absolute atomic E-state index is 11.1. The summed E-state index contributed by atoms with van der Waals surface area (Å²) in [4.78, 5) is 11.1. The first-order valence-electron chi connectivity index (χ1n) is 5.16. The van der Waals surface area contributed by atoms with Crippen LogP contribution >= 0.6 is 12.4 Å². The van der Waals surface area contributed by atoms with Crippen LogP contribution in [-0.4, -0.2) is 27.3 Å². The Morgan fingerprint density at radius 2 is 1.83 bits per heavy atom. The molecule has 0 unspecified atom stereocenters. The number of methoxy groups -OCH3 is 3. The fourth-order valence-corrected chi connectivity index (χ4v) is 1.46. The molecular formula is C12H18ClNO4. The molecule has 2 N–H and O–H groups in total. The summed E-state index contributed by atoms with van der Waals surface area (Å²) in [6.45, 7) is 0. The first kappa shape index (κ1) is 16.5. The molecule has 102 valence electrons. The Morgan fingerprint density at radius 1 is 1.22 bits per heavy atom. The average Bonchev–Trinajstić information content (AvgIpc) is 2.37. The van der Waals surface area contributed by atoms with Crippen molar-refractivity contribution in [3.63, 3.8) is 0 Å². The molecule has 0 aliphatic heterocycles. The standard InChI is InChI=1S/C12H17NO4.ClH/c1-15-10-5-4-8(6-11(10)16-2)9(13)7-12(14)17-3;/h4-6,9H,7,13H2,1-3H3;1H/t9-;/m1./s1. The molecule has 1 rings (SSSR count). The van der Waals surface area contributed by atoms with Crippen LogP contribution in [0.25, 0.3) is 0 Å². The zero-order valence-corrected chi connectivity index (χ0v) is 11.5. The summed E-state index contributed by atoms with van der Waals surface area (Å²) >= 11 is 0. The van der Waals surface area contributed by atoms with Crippen LogP contribution in [0.3, 0.4) is 0 Å². The topological polar surface area (TPSA) is 70.8 Å². The number of carbonyl (C=O) groups excluding carboxylic acids is 1. The molecular weight excluding hydrogens is 258 g/mol. The van der Waals surface area contributed by atoms with Gasteiger partial charge in [0.25, 0.3) is 0 Å². The molecule has 0 bridgehead atoms. The largest absolute Gasteiger partial charge is 0.493 e. The first-order valence-corrected chi connectivity index (χ1v) is 5.16. The smallest absolute Gasteiger partial charge is 0.307 e. The first-order chi connectivity index (χ1) is 8.12. The summed E-state index contributed by atoms with van der Waals surface area (Å²) in [5.74, 6) is 0.874. The zero-order chi connectivity index (χ0) is 12.8. The van der Waals surface area contributed by atoms with Gasteiger partial charge in [0.05, 0.1) is 27.8 Å². The van der Waals surface area contributed by atoms with Gasteiger partial charge in [-0.05, 0) is 17.7 Å². The van der Waals surface area contributed by atoms with Crippen LogP contribution in [0.5, 0.6) is 11.5 Å². The minimum Gasteiger partial charge on any atom is -0.493 e. The molecule has 5 nitrogen and oxygen atoms in total. The molecule has 6 heteroatoms. The summed E-state index contributed by atoms with van der Waals surface area (Å²) in [5.41, 5.74) is 6.69. The maximum Gasteiger partial charge on any atom is 0.307 e. The van der Waals surface area contributed by atoms with Crippen molar-refractivity contribution in [2.45, 2.75) is 12.5 Å². The van der Waals surface area contributed by atoms with Crippen LogP contribution in [0.2, 0.25) is 0 Å². The van der Waals surface area contributed by atoms with E-state index in [4.69, 9.17) is 15.2 Å². The van der Waals surface area contributed by atoms with E-state index in [1.807, 2.05) is 0 Å². The van der Waals surface area contributed by atoms with E-state index in [0.29, 0.717) is 11.5 Å². The van der Waals surface area contributed by atoms with Gasteiger partial charge in [0, 0.05) is 6.04 Å². The highest BCUT2D eigenvalue weighted by Gasteiger charge is 2.14. The van der Waals surface area contributed by atoms with E-state index in [1.54, 1.807) is 32.4 Å². The Morgan fingerprint density at radius 3 is 2.33 bits per heavy atom. The number of benzene rings is 1. The number of carbonyl (C=O) groups is 1. The van der Waals surface area contributed by atoms with Crippen molar-refractivity contribution in [2.24, 2.45) is 5.73 Å². The lowest BCUT2D eigenvalue weighted by atomic mass is 10.0.